The van der Waals surface area contributed by atoms with E-state index in [1.807, 2.05) is 0 Å². The molecule has 0 unspecified atom stereocenters. The molecule has 2 aromatic heterocycles. The molecule has 28 heavy (non-hydrogen) atoms. The second-order valence-electron chi connectivity index (χ2n) is 7.03. The molecule has 0 radical (unpaired) electrons. The van der Waals surface area contributed by atoms with Crippen LogP contribution in [0.5, 0.6) is 0 Å². The maximum atomic E-state index is 13.0. The molecular weight excluding hydrogens is 378 g/mol. The lowest BCUT2D eigenvalue weighted by atomic mass is 10.1. The maximum absolute atomic E-state index is 13.0. The molecule has 3 heterocycles. The van der Waals surface area contributed by atoms with Crippen LogP contribution in [-0.2, 0) is 7.05 Å². The van der Waals surface area contributed by atoms with E-state index in [0.29, 0.717) is 18.0 Å². The van der Waals surface area contributed by atoms with Gasteiger partial charge in [-0.05, 0) is 42.6 Å². The third kappa shape index (κ3) is 2.91. The number of hydrogen-bond donors (Lipinski definition) is 1. The van der Waals surface area contributed by atoms with Crippen molar-refractivity contribution in [3.05, 3.63) is 55.0 Å². The fourth-order valence-corrected chi connectivity index (χ4v) is 4.31. The summed E-state index contributed by atoms with van der Waals surface area (Å²) in [6.45, 7) is 6.80. The summed E-state index contributed by atoms with van der Waals surface area (Å²) >= 11 is 0.959. The number of benzene rings is 1. The topological polar surface area (TPSA) is 91.3 Å². The van der Waals surface area contributed by atoms with Crippen molar-refractivity contribution in [2.45, 2.75) is 13.8 Å². The Morgan fingerprint density at radius 1 is 1.14 bits per heavy atom. The Morgan fingerprint density at radius 3 is 2.57 bits per heavy atom. The zero-order chi connectivity index (χ0) is 20.0. The maximum Gasteiger partial charge on any atom is 0.328 e. The number of amides is 1. The second kappa shape index (κ2) is 6.90. The van der Waals surface area contributed by atoms with E-state index in [1.165, 1.54) is 23.9 Å². The number of rotatable bonds is 2. The summed E-state index contributed by atoms with van der Waals surface area (Å²) in [6, 6.07) is 6.26. The number of carbonyl (C=O) groups excluding carboxylic acids is 1. The molecule has 9 heteroatoms. The zero-order valence-corrected chi connectivity index (χ0v) is 16.8. The van der Waals surface area contributed by atoms with Gasteiger partial charge in [0.2, 0.25) is 0 Å². The minimum Gasteiger partial charge on any atom is -0.368 e. The van der Waals surface area contributed by atoms with Crippen molar-refractivity contribution in [2.24, 2.45) is 7.05 Å². The van der Waals surface area contributed by atoms with E-state index in [0.717, 1.165) is 29.2 Å². The molecule has 0 aliphatic carbocycles. The molecule has 0 atom stereocenters. The molecule has 1 aliphatic rings. The number of carbonyl (C=O) groups is 1. The van der Waals surface area contributed by atoms with Crippen molar-refractivity contribution >= 4 is 34.2 Å². The van der Waals surface area contributed by atoms with Crippen molar-refractivity contribution in [3.8, 4) is 0 Å². The van der Waals surface area contributed by atoms with E-state index >= 15 is 0 Å². The third-order valence-corrected chi connectivity index (χ3v) is 6.25. The van der Waals surface area contributed by atoms with Gasteiger partial charge in [0.05, 0.1) is 5.52 Å². The number of aromatic nitrogens is 3. The summed E-state index contributed by atoms with van der Waals surface area (Å²) < 4.78 is 5.06. The highest BCUT2D eigenvalue weighted by Gasteiger charge is 2.27. The van der Waals surface area contributed by atoms with Crippen molar-refractivity contribution < 1.29 is 4.79 Å². The highest BCUT2D eigenvalue weighted by atomic mass is 32.1. The number of aryl methyl sites for hydroxylation is 1. The molecule has 1 aliphatic heterocycles. The summed E-state index contributed by atoms with van der Waals surface area (Å²) in [6.07, 6.45) is 0. The Labute approximate surface area is 165 Å². The highest BCUT2D eigenvalue weighted by molar-refractivity contribution is 7.09. The van der Waals surface area contributed by atoms with Gasteiger partial charge < -0.3 is 14.8 Å². The number of piperazine rings is 1. The van der Waals surface area contributed by atoms with Gasteiger partial charge in [-0.15, -0.1) is 0 Å². The van der Waals surface area contributed by atoms with Gasteiger partial charge in [-0.1, -0.05) is 12.1 Å². The van der Waals surface area contributed by atoms with E-state index in [4.69, 9.17) is 0 Å². The molecule has 8 nitrogen and oxygen atoms in total. The Kier molecular flexibility index (Phi) is 4.54. The lowest BCUT2D eigenvalue weighted by Gasteiger charge is -2.36. The predicted octanol–water partition coefficient (Wildman–Crippen LogP) is 1.26. The van der Waals surface area contributed by atoms with Gasteiger partial charge >= 0.3 is 5.69 Å². The quantitative estimate of drug-likeness (QED) is 0.701. The molecule has 1 saturated heterocycles. The zero-order valence-electron chi connectivity index (χ0n) is 16.0. The fraction of sp³-hybridized carbons (Fsp3) is 0.368. The van der Waals surface area contributed by atoms with Gasteiger partial charge in [-0.3, -0.25) is 14.2 Å². The minimum atomic E-state index is -0.550. The van der Waals surface area contributed by atoms with E-state index in [9.17, 15) is 14.4 Å². The van der Waals surface area contributed by atoms with Gasteiger partial charge in [0.1, 0.15) is 4.88 Å². The second-order valence-corrected chi connectivity index (χ2v) is 7.80. The number of anilines is 1. The average molecular weight is 399 g/mol. The molecule has 1 aromatic carbocycles. The summed E-state index contributed by atoms with van der Waals surface area (Å²) in [4.78, 5) is 44.0. The Bertz CT molecular complexity index is 1180. The fourth-order valence-electron chi connectivity index (χ4n) is 3.51. The smallest absolute Gasteiger partial charge is 0.328 e. The molecular formula is C19H21N5O3S. The van der Waals surface area contributed by atoms with E-state index in [1.54, 1.807) is 4.90 Å². The third-order valence-electron chi connectivity index (χ3n) is 5.41. The first-order valence-electron chi connectivity index (χ1n) is 9.07. The Morgan fingerprint density at radius 2 is 1.86 bits per heavy atom. The monoisotopic (exact) mass is 399 g/mol. The number of H-pyrrole nitrogens is 1. The van der Waals surface area contributed by atoms with Gasteiger partial charge in [0.15, 0.2) is 5.52 Å². The molecule has 0 spiro atoms. The molecule has 0 bridgehead atoms. The van der Waals surface area contributed by atoms with Crippen LogP contribution in [0.3, 0.4) is 0 Å². The van der Waals surface area contributed by atoms with Crippen LogP contribution in [-0.4, -0.2) is 50.9 Å². The van der Waals surface area contributed by atoms with Crippen LogP contribution in [0.15, 0.2) is 27.8 Å². The van der Waals surface area contributed by atoms with Gasteiger partial charge in [0.25, 0.3) is 11.5 Å². The van der Waals surface area contributed by atoms with Crippen LogP contribution in [0.25, 0.3) is 11.0 Å². The van der Waals surface area contributed by atoms with Crippen LogP contribution in [0.4, 0.5) is 5.69 Å². The van der Waals surface area contributed by atoms with Gasteiger partial charge in [-0.25, -0.2) is 4.79 Å². The molecule has 0 saturated carbocycles. The molecule has 1 amide bonds. The molecule has 1 N–H and O–H groups in total. The summed E-state index contributed by atoms with van der Waals surface area (Å²) in [7, 11) is 1.38. The average Bonchev–Trinajstić information content (AvgIpc) is 3.11. The van der Waals surface area contributed by atoms with Crippen LogP contribution in [0, 0.1) is 13.8 Å². The van der Waals surface area contributed by atoms with Gasteiger partial charge in [0, 0.05) is 38.9 Å². The molecule has 3 aromatic rings. The number of fused-ring (bicyclic) bond motifs is 1. The number of nitrogens with zero attached hydrogens (tertiary/aromatic N) is 4. The van der Waals surface area contributed by atoms with E-state index in [2.05, 4.69) is 46.3 Å². The Hall–Kier alpha value is -2.94. The molecule has 1 fully saturated rings. The highest BCUT2D eigenvalue weighted by Crippen LogP contribution is 2.25. The van der Waals surface area contributed by atoms with Crippen molar-refractivity contribution in [2.75, 3.05) is 31.1 Å². The number of nitrogens with one attached hydrogen (secondary N) is 1. The van der Waals surface area contributed by atoms with Crippen molar-refractivity contribution in [3.63, 3.8) is 0 Å². The van der Waals surface area contributed by atoms with Gasteiger partial charge in [-0.2, -0.15) is 4.37 Å². The van der Waals surface area contributed by atoms with E-state index < -0.39 is 11.2 Å². The lowest BCUT2D eigenvalue weighted by molar-refractivity contribution is 0.0753. The van der Waals surface area contributed by atoms with Crippen LogP contribution in [0.1, 0.15) is 20.8 Å². The van der Waals surface area contributed by atoms with E-state index in [-0.39, 0.29) is 16.9 Å². The molecule has 146 valence electrons. The standard InChI is InChI=1S/C19H21N5O3S/c1-11-5-4-6-13(12(11)2)23-7-9-24(10-8-23)18(26)16-14-15(21-28-16)17(25)22(3)19(27)20-14/h4-6H,7-10H2,1-3H3,(H,20,27). The van der Waals surface area contributed by atoms with Crippen LogP contribution < -0.4 is 16.1 Å². The number of hydrogen-bond acceptors (Lipinski definition) is 6. The first-order valence-corrected chi connectivity index (χ1v) is 9.85. The first-order chi connectivity index (χ1) is 13.4. The normalized spacial score (nSPS) is 14.7. The largest absolute Gasteiger partial charge is 0.368 e. The first kappa shape index (κ1) is 18.4. The van der Waals surface area contributed by atoms with Crippen LogP contribution in [0.2, 0.25) is 0 Å². The molecule has 4 rings (SSSR count). The lowest BCUT2D eigenvalue weighted by Crippen LogP contribution is -2.49. The predicted molar refractivity (Wildman–Crippen MR) is 110 cm³/mol. The number of aromatic amines is 1. The summed E-state index contributed by atoms with van der Waals surface area (Å²) in [5.41, 5.74) is 3.02. The summed E-state index contributed by atoms with van der Waals surface area (Å²) in [5.74, 6) is -0.197. The SMILES string of the molecule is Cc1cccc(N2CCN(C(=O)c3snc4c(=O)n(C)c(=O)[nH]c34)CC2)c1C. The minimum absolute atomic E-state index is 0.129. The van der Waals surface area contributed by atoms with Crippen molar-refractivity contribution in [1.29, 1.82) is 0 Å². The summed E-state index contributed by atoms with van der Waals surface area (Å²) in [5, 5.41) is 0. The van der Waals surface area contributed by atoms with Crippen molar-refractivity contribution in [1.82, 2.24) is 18.8 Å². The Balaban J connectivity index is 1.57. The van der Waals surface area contributed by atoms with Crippen LogP contribution >= 0.6 is 11.5 Å².